The van der Waals surface area contributed by atoms with Crippen LogP contribution in [0.25, 0.3) is 0 Å². The molecule has 0 aliphatic carbocycles. The van der Waals surface area contributed by atoms with Gasteiger partial charge in [0, 0.05) is 12.6 Å². The van der Waals surface area contributed by atoms with E-state index in [9.17, 15) is 4.79 Å². The van der Waals surface area contributed by atoms with Gasteiger partial charge in [-0.1, -0.05) is 30.1 Å². The number of hydrogen-bond acceptors (Lipinski definition) is 2. The lowest BCUT2D eigenvalue weighted by atomic mass is 10.0. The van der Waals surface area contributed by atoms with Gasteiger partial charge in [-0.25, -0.2) is 0 Å². The molecule has 0 radical (unpaired) electrons. The van der Waals surface area contributed by atoms with Crippen LogP contribution in [0, 0.1) is 0 Å². The van der Waals surface area contributed by atoms with E-state index in [0.717, 1.165) is 38.9 Å². The molecule has 2 heterocycles. The van der Waals surface area contributed by atoms with Gasteiger partial charge >= 0.3 is 0 Å². The van der Waals surface area contributed by atoms with Crippen LogP contribution < -0.4 is 5.32 Å². The highest BCUT2D eigenvalue weighted by molar-refractivity contribution is 6.41. The van der Waals surface area contributed by atoms with Crippen LogP contribution in [0.2, 0.25) is 10.2 Å². The molecule has 106 valence electrons. The number of H-pyrrole nitrogens is 1. The van der Waals surface area contributed by atoms with Crippen molar-refractivity contribution in [2.45, 2.75) is 32.2 Å². The van der Waals surface area contributed by atoms with E-state index in [1.165, 1.54) is 0 Å². The highest BCUT2D eigenvalue weighted by Crippen LogP contribution is 2.24. The highest BCUT2D eigenvalue weighted by atomic mass is 35.5. The van der Waals surface area contributed by atoms with Gasteiger partial charge in [0.05, 0.1) is 5.02 Å². The van der Waals surface area contributed by atoms with Crippen molar-refractivity contribution in [1.29, 1.82) is 0 Å². The SMILES string of the molecule is CCCN(C(=O)c1cc(Cl)c(Cl)[nH]1)C1CCNCC1. The van der Waals surface area contributed by atoms with Crippen molar-refractivity contribution in [3.05, 3.63) is 21.9 Å². The van der Waals surface area contributed by atoms with E-state index in [2.05, 4.69) is 17.2 Å². The maximum atomic E-state index is 12.6. The first-order valence-electron chi connectivity index (χ1n) is 6.69. The number of carbonyl (C=O) groups is 1. The Kier molecular flexibility index (Phi) is 5.13. The summed E-state index contributed by atoms with van der Waals surface area (Å²) in [6, 6.07) is 1.91. The zero-order valence-corrected chi connectivity index (χ0v) is 12.5. The number of aromatic amines is 1. The lowest BCUT2D eigenvalue weighted by Gasteiger charge is -2.34. The van der Waals surface area contributed by atoms with E-state index in [0.29, 0.717) is 21.9 Å². The Morgan fingerprint density at radius 1 is 1.42 bits per heavy atom. The maximum Gasteiger partial charge on any atom is 0.270 e. The molecule has 0 unspecified atom stereocenters. The summed E-state index contributed by atoms with van der Waals surface area (Å²) in [5, 5.41) is 4.04. The quantitative estimate of drug-likeness (QED) is 0.898. The Labute approximate surface area is 123 Å². The summed E-state index contributed by atoms with van der Waals surface area (Å²) in [5.74, 6) is -0.0115. The lowest BCUT2D eigenvalue weighted by molar-refractivity contribution is 0.0637. The minimum Gasteiger partial charge on any atom is -0.340 e. The minimum absolute atomic E-state index is 0.0115. The van der Waals surface area contributed by atoms with Crippen LogP contribution in [-0.4, -0.2) is 41.5 Å². The number of nitrogens with one attached hydrogen (secondary N) is 2. The van der Waals surface area contributed by atoms with E-state index in [4.69, 9.17) is 23.2 Å². The molecular formula is C13H19Cl2N3O. The molecule has 0 aromatic carbocycles. The topological polar surface area (TPSA) is 48.1 Å². The van der Waals surface area contributed by atoms with E-state index >= 15 is 0 Å². The zero-order chi connectivity index (χ0) is 13.8. The molecule has 1 aromatic heterocycles. The summed E-state index contributed by atoms with van der Waals surface area (Å²) in [6.07, 6.45) is 2.93. The van der Waals surface area contributed by atoms with Gasteiger partial charge < -0.3 is 15.2 Å². The molecule has 1 amide bonds. The van der Waals surface area contributed by atoms with Crippen molar-refractivity contribution in [3.63, 3.8) is 0 Å². The molecule has 0 bridgehead atoms. The molecule has 4 nitrogen and oxygen atoms in total. The summed E-state index contributed by atoms with van der Waals surface area (Å²) >= 11 is 11.8. The van der Waals surface area contributed by atoms with Crippen molar-refractivity contribution in [2.75, 3.05) is 19.6 Å². The fraction of sp³-hybridized carbons (Fsp3) is 0.615. The Morgan fingerprint density at radius 3 is 2.63 bits per heavy atom. The fourth-order valence-electron chi connectivity index (χ4n) is 2.48. The first kappa shape index (κ1) is 14.7. The number of carbonyl (C=O) groups excluding carboxylic acids is 1. The maximum absolute atomic E-state index is 12.6. The van der Waals surface area contributed by atoms with Crippen LogP contribution in [0.5, 0.6) is 0 Å². The van der Waals surface area contributed by atoms with E-state index in [-0.39, 0.29) is 5.91 Å². The van der Waals surface area contributed by atoms with Crippen molar-refractivity contribution in [3.8, 4) is 0 Å². The largest absolute Gasteiger partial charge is 0.340 e. The van der Waals surface area contributed by atoms with Gasteiger partial charge in [-0.2, -0.15) is 0 Å². The number of amides is 1. The van der Waals surface area contributed by atoms with Crippen LogP contribution in [0.3, 0.4) is 0 Å². The average molecular weight is 304 g/mol. The Hall–Kier alpha value is -0.710. The molecular weight excluding hydrogens is 285 g/mol. The van der Waals surface area contributed by atoms with Gasteiger partial charge in [0.15, 0.2) is 0 Å². The monoisotopic (exact) mass is 303 g/mol. The Bertz CT molecular complexity index is 422. The molecule has 0 saturated carbocycles. The predicted molar refractivity (Wildman–Crippen MR) is 78.0 cm³/mol. The second kappa shape index (κ2) is 6.64. The van der Waals surface area contributed by atoms with Crippen LogP contribution in [-0.2, 0) is 0 Å². The number of piperidine rings is 1. The van der Waals surface area contributed by atoms with Gasteiger partial charge in [0.25, 0.3) is 5.91 Å². The van der Waals surface area contributed by atoms with Gasteiger partial charge in [-0.15, -0.1) is 0 Å². The highest BCUT2D eigenvalue weighted by Gasteiger charge is 2.26. The van der Waals surface area contributed by atoms with Crippen LogP contribution in [0.4, 0.5) is 0 Å². The predicted octanol–water partition coefficient (Wildman–Crippen LogP) is 2.93. The van der Waals surface area contributed by atoms with E-state index in [1.54, 1.807) is 6.07 Å². The van der Waals surface area contributed by atoms with Crippen molar-refractivity contribution >= 4 is 29.1 Å². The standard InChI is InChI=1S/C13H19Cl2N3O/c1-2-7-18(9-3-5-16-6-4-9)13(19)11-8-10(14)12(15)17-11/h8-9,16-17H,2-7H2,1H3. The fourth-order valence-corrected chi connectivity index (χ4v) is 2.80. The number of halogens is 2. The summed E-state index contributed by atoms with van der Waals surface area (Å²) in [4.78, 5) is 17.3. The van der Waals surface area contributed by atoms with E-state index in [1.807, 2.05) is 4.90 Å². The number of hydrogen-bond donors (Lipinski definition) is 2. The lowest BCUT2D eigenvalue weighted by Crippen LogP contribution is -2.46. The third-order valence-corrected chi connectivity index (χ3v) is 4.12. The number of rotatable bonds is 4. The zero-order valence-electron chi connectivity index (χ0n) is 11.0. The molecule has 2 rings (SSSR count). The van der Waals surface area contributed by atoms with Crippen molar-refractivity contribution in [2.24, 2.45) is 0 Å². The van der Waals surface area contributed by atoms with Crippen LogP contribution in [0.15, 0.2) is 6.07 Å². The molecule has 6 heteroatoms. The van der Waals surface area contributed by atoms with Gasteiger partial charge in [0.1, 0.15) is 10.8 Å². The normalized spacial score (nSPS) is 16.6. The average Bonchev–Trinajstić information content (AvgIpc) is 2.76. The van der Waals surface area contributed by atoms with E-state index < -0.39 is 0 Å². The second-order valence-corrected chi connectivity index (χ2v) is 5.61. The van der Waals surface area contributed by atoms with Gasteiger partial charge in [0.2, 0.25) is 0 Å². The molecule has 0 spiro atoms. The molecule has 1 aliphatic heterocycles. The molecule has 19 heavy (non-hydrogen) atoms. The van der Waals surface area contributed by atoms with Gasteiger partial charge in [-0.3, -0.25) is 4.79 Å². The smallest absolute Gasteiger partial charge is 0.270 e. The number of aromatic nitrogens is 1. The number of nitrogens with zero attached hydrogens (tertiary/aromatic N) is 1. The summed E-state index contributed by atoms with van der Waals surface area (Å²) in [5.41, 5.74) is 0.474. The molecule has 1 fully saturated rings. The summed E-state index contributed by atoms with van der Waals surface area (Å²) in [6.45, 7) is 4.77. The van der Waals surface area contributed by atoms with Crippen molar-refractivity contribution < 1.29 is 4.79 Å². The third-order valence-electron chi connectivity index (χ3n) is 3.43. The summed E-state index contributed by atoms with van der Waals surface area (Å²) in [7, 11) is 0. The molecule has 1 aromatic rings. The molecule has 2 N–H and O–H groups in total. The first-order chi connectivity index (χ1) is 9.13. The molecule has 0 atom stereocenters. The van der Waals surface area contributed by atoms with Crippen molar-refractivity contribution in [1.82, 2.24) is 15.2 Å². The first-order valence-corrected chi connectivity index (χ1v) is 7.44. The molecule has 1 aliphatic rings. The minimum atomic E-state index is -0.0115. The third kappa shape index (κ3) is 3.44. The summed E-state index contributed by atoms with van der Waals surface area (Å²) < 4.78 is 0. The molecule has 1 saturated heterocycles. The van der Waals surface area contributed by atoms with Crippen LogP contribution >= 0.6 is 23.2 Å². The van der Waals surface area contributed by atoms with Crippen LogP contribution in [0.1, 0.15) is 36.7 Å². The Balaban J connectivity index is 2.15. The van der Waals surface area contributed by atoms with Gasteiger partial charge in [-0.05, 0) is 38.4 Å². The second-order valence-electron chi connectivity index (χ2n) is 4.82. The Morgan fingerprint density at radius 2 is 2.11 bits per heavy atom.